The van der Waals surface area contributed by atoms with Crippen molar-refractivity contribution in [2.75, 3.05) is 13.2 Å². The molecular weight excluding hydrogens is 253 g/mol. The average molecular weight is 266 g/mol. The number of nitrogens with zero attached hydrogens (tertiary/aromatic N) is 1. The Morgan fingerprint density at radius 1 is 1.47 bits per heavy atom. The van der Waals surface area contributed by atoms with E-state index in [1.165, 1.54) is 0 Å². The summed E-state index contributed by atoms with van der Waals surface area (Å²) in [6.07, 6.45) is -2.97. The number of ether oxygens (including phenoxy) is 1. The van der Waals surface area contributed by atoms with Gasteiger partial charge in [-0.1, -0.05) is 0 Å². The molecule has 7 heteroatoms. The van der Waals surface area contributed by atoms with Crippen LogP contribution in [0.5, 0.6) is 0 Å². The Hall–Kier alpha value is -0.660. The maximum Gasteiger partial charge on any atom is 0.434 e. The highest BCUT2D eigenvalue weighted by Gasteiger charge is 2.37. The number of nitrogens with two attached hydrogens (primary N) is 1. The van der Waals surface area contributed by atoms with E-state index >= 15 is 0 Å². The third-order valence-corrected chi connectivity index (χ3v) is 3.78. The molecule has 1 aromatic rings. The van der Waals surface area contributed by atoms with Crippen LogP contribution in [0, 0.1) is 5.92 Å². The van der Waals surface area contributed by atoms with Crippen molar-refractivity contribution in [2.45, 2.75) is 25.6 Å². The Morgan fingerprint density at radius 2 is 2.24 bits per heavy atom. The summed E-state index contributed by atoms with van der Waals surface area (Å²) in [7, 11) is 0. The van der Waals surface area contributed by atoms with Gasteiger partial charge in [-0.15, -0.1) is 11.3 Å². The number of hydrogen-bond donors (Lipinski definition) is 1. The molecule has 0 aliphatic carbocycles. The second-order valence-electron chi connectivity index (χ2n) is 4.02. The predicted octanol–water partition coefficient (Wildman–Crippen LogP) is 2.20. The van der Waals surface area contributed by atoms with Crippen molar-refractivity contribution in [1.82, 2.24) is 4.98 Å². The maximum absolute atomic E-state index is 12.6. The third kappa shape index (κ3) is 2.97. The molecule has 1 aliphatic heterocycles. The van der Waals surface area contributed by atoms with Gasteiger partial charge in [0.1, 0.15) is 0 Å². The van der Waals surface area contributed by atoms with Gasteiger partial charge in [0.05, 0.1) is 9.88 Å². The Bertz CT molecular complexity index is 385. The number of alkyl halides is 3. The molecule has 1 atom stereocenters. The normalized spacial score (nSPS) is 21.1. The van der Waals surface area contributed by atoms with Gasteiger partial charge in [0.2, 0.25) is 0 Å². The SMILES string of the molecule is NCc1sc(CC2CCOC2)nc1C(F)(F)F. The summed E-state index contributed by atoms with van der Waals surface area (Å²) in [6.45, 7) is 1.18. The fraction of sp³-hybridized carbons (Fsp3) is 0.700. The minimum Gasteiger partial charge on any atom is -0.381 e. The predicted molar refractivity (Wildman–Crippen MR) is 57.6 cm³/mol. The highest BCUT2D eigenvalue weighted by Crippen LogP contribution is 2.35. The number of rotatable bonds is 3. The lowest BCUT2D eigenvalue weighted by Gasteiger charge is -2.04. The molecule has 96 valence electrons. The summed E-state index contributed by atoms with van der Waals surface area (Å²) < 4.78 is 43.1. The highest BCUT2D eigenvalue weighted by molar-refractivity contribution is 7.11. The Balaban J connectivity index is 2.15. The molecule has 0 radical (unpaired) electrons. The van der Waals surface area contributed by atoms with Gasteiger partial charge >= 0.3 is 6.18 Å². The third-order valence-electron chi connectivity index (χ3n) is 2.68. The second-order valence-corrected chi connectivity index (χ2v) is 5.18. The number of halogens is 3. The van der Waals surface area contributed by atoms with Crippen LogP contribution in [0.25, 0.3) is 0 Å². The van der Waals surface area contributed by atoms with E-state index in [1.807, 2.05) is 0 Å². The van der Waals surface area contributed by atoms with E-state index < -0.39 is 11.9 Å². The number of aromatic nitrogens is 1. The first-order chi connectivity index (χ1) is 8.00. The fourth-order valence-electron chi connectivity index (χ4n) is 1.84. The molecule has 2 rings (SSSR count). The van der Waals surface area contributed by atoms with E-state index in [1.54, 1.807) is 0 Å². The summed E-state index contributed by atoms with van der Waals surface area (Å²) in [6, 6.07) is 0. The molecule has 1 saturated heterocycles. The molecule has 0 spiro atoms. The molecule has 17 heavy (non-hydrogen) atoms. The van der Waals surface area contributed by atoms with Crippen LogP contribution in [0.3, 0.4) is 0 Å². The van der Waals surface area contributed by atoms with E-state index in [-0.39, 0.29) is 17.3 Å². The first-order valence-corrected chi connectivity index (χ1v) is 6.16. The summed E-state index contributed by atoms with van der Waals surface area (Å²) in [5, 5.41) is 0.508. The lowest BCUT2D eigenvalue weighted by Crippen LogP contribution is -2.11. The van der Waals surface area contributed by atoms with Gasteiger partial charge in [0, 0.05) is 26.2 Å². The lowest BCUT2D eigenvalue weighted by molar-refractivity contribution is -0.141. The van der Waals surface area contributed by atoms with E-state index in [9.17, 15) is 13.2 Å². The molecule has 2 heterocycles. The summed E-state index contributed by atoms with van der Waals surface area (Å²) in [5.41, 5.74) is 4.49. The average Bonchev–Trinajstić information content (AvgIpc) is 2.86. The van der Waals surface area contributed by atoms with Crippen LogP contribution in [-0.2, 0) is 23.9 Å². The van der Waals surface area contributed by atoms with E-state index in [4.69, 9.17) is 10.5 Å². The van der Waals surface area contributed by atoms with Gasteiger partial charge in [-0.2, -0.15) is 13.2 Å². The van der Waals surface area contributed by atoms with Gasteiger partial charge in [-0.3, -0.25) is 0 Å². The monoisotopic (exact) mass is 266 g/mol. The number of thiazole rings is 1. The van der Waals surface area contributed by atoms with Gasteiger partial charge < -0.3 is 10.5 Å². The molecule has 0 saturated carbocycles. The lowest BCUT2D eigenvalue weighted by atomic mass is 10.1. The van der Waals surface area contributed by atoms with Crippen molar-refractivity contribution in [3.63, 3.8) is 0 Å². The molecule has 0 amide bonds. The van der Waals surface area contributed by atoms with Crippen LogP contribution >= 0.6 is 11.3 Å². The topological polar surface area (TPSA) is 48.1 Å². The van der Waals surface area contributed by atoms with Crippen LogP contribution in [0.1, 0.15) is 22.0 Å². The molecule has 2 N–H and O–H groups in total. The quantitative estimate of drug-likeness (QED) is 0.912. The maximum atomic E-state index is 12.6. The molecule has 0 bridgehead atoms. The van der Waals surface area contributed by atoms with Gasteiger partial charge in [-0.25, -0.2) is 4.98 Å². The smallest absolute Gasteiger partial charge is 0.381 e. The molecule has 1 aromatic heterocycles. The fourth-order valence-corrected chi connectivity index (χ4v) is 2.92. The highest BCUT2D eigenvalue weighted by atomic mass is 32.1. The first-order valence-electron chi connectivity index (χ1n) is 5.34. The second kappa shape index (κ2) is 4.91. The van der Waals surface area contributed by atoms with Gasteiger partial charge in [0.25, 0.3) is 0 Å². The van der Waals surface area contributed by atoms with Crippen LogP contribution in [0.2, 0.25) is 0 Å². The van der Waals surface area contributed by atoms with E-state index in [0.717, 1.165) is 17.8 Å². The summed E-state index contributed by atoms with van der Waals surface area (Å²) in [5.74, 6) is 0.285. The molecule has 3 nitrogen and oxygen atoms in total. The van der Waals surface area contributed by atoms with Gasteiger partial charge in [-0.05, 0) is 12.3 Å². The van der Waals surface area contributed by atoms with Crippen LogP contribution in [0.15, 0.2) is 0 Å². The van der Waals surface area contributed by atoms with Crippen LogP contribution < -0.4 is 5.73 Å². The van der Waals surface area contributed by atoms with Crippen LogP contribution in [0.4, 0.5) is 13.2 Å². The summed E-state index contributed by atoms with van der Waals surface area (Å²) in [4.78, 5) is 3.79. The Morgan fingerprint density at radius 3 is 2.71 bits per heavy atom. The van der Waals surface area contributed by atoms with Crippen molar-refractivity contribution in [2.24, 2.45) is 11.7 Å². The zero-order valence-electron chi connectivity index (χ0n) is 9.09. The summed E-state index contributed by atoms with van der Waals surface area (Å²) >= 11 is 1.06. The zero-order chi connectivity index (χ0) is 12.5. The molecule has 1 fully saturated rings. The minimum absolute atomic E-state index is 0.117. The van der Waals surface area contributed by atoms with E-state index in [2.05, 4.69) is 4.98 Å². The van der Waals surface area contributed by atoms with Crippen molar-refractivity contribution >= 4 is 11.3 Å². The largest absolute Gasteiger partial charge is 0.434 e. The van der Waals surface area contributed by atoms with Crippen molar-refractivity contribution in [1.29, 1.82) is 0 Å². The molecule has 0 aromatic carbocycles. The van der Waals surface area contributed by atoms with E-state index in [0.29, 0.717) is 24.6 Å². The van der Waals surface area contributed by atoms with Crippen molar-refractivity contribution in [3.8, 4) is 0 Å². The zero-order valence-corrected chi connectivity index (χ0v) is 9.90. The van der Waals surface area contributed by atoms with Crippen LogP contribution in [-0.4, -0.2) is 18.2 Å². The standard InChI is InChI=1S/C10H13F3N2OS/c11-10(12,13)9-7(4-14)17-8(15-9)3-6-1-2-16-5-6/h6H,1-5,14H2. The molecule has 1 unspecified atom stereocenters. The van der Waals surface area contributed by atoms with Crippen molar-refractivity contribution in [3.05, 3.63) is 15.6 Å². The van der Waals surface area contributed by atoms with Crippen molar-refractivity contribution < 1.29 is 17.9 Å². The minimum atomic E-state index is -4.41. The molecular formula is C10H13F3N2OS. The Labute approximate surface area is 101 Å². The van der Waals surface area contributed by atoms with Gasteiger partial charge in [0.15, 0.2) is 5.69 Å². The number of hydrogen-bond acceptors (Lipinski definition) is 4. The first kappa shape index (κ1) is 12.8. The molecule has 1 aliphatic rings. The Kier molecular flexibility index (Phi) is 3.70.